The minimum atomic E-state index is 0. The average molecular weight is 324 g/mol. The van der Waals surface area contributed by atoms with E-state index in [2.05, 4.69) is 9.67 Å². The van der Waals surface area contributed by atoms with Crippen LogP contribution in [0.3, 0.4) is 0 Å². The van der Waals surface area contributed by atoms with Crippen LogP contribution in [-0.2, 0) is 21.1 Å². The number of hydrogen-bond donors (Lipinski definition) is 2. The van der Waals surface area contributed by atoms with E-state index in [9.17, 15) is 0 Å². The van der Waals surface area contributed by atoms with Crippen LogP contribution in [0, 0.1) is 0 Å². The maximum absolute atomic E-state index is 5.03. The van der Waals surface area contributed by atoms with E-state index < -0.39 is 0 Å². The Hall–Kier alpha value is 1.19. The van der Waals surface area contributed by atoms with Crippen LogP contribution in [0.15, 0.2) is 0 Å². The Balaban J connectivity index is 0. The predicted molar refractivity (Wildman–Crippen MR) is 27.7 cm³/mol. The predicted octanol–water partition coefficient (Wildman–Crippen LogP) is 0.471. The van der Waals surface area contributed by atoms with Crippen molar-refractivity contribution in [3.8, 4) is 0 Å². The molecule has 7 heavy (non-hydrogen) atoms. The minimum absolute atomic E-state index is 0. The zero-order valence-electron chi connectivity index (χ0n) is 3.49. The van der Waals surface area contributed by atoms with Gasteiger partial charge in [0.2, 0.25) is 0 Å². The van der Waals surface area contributed by atoms with Crippen LogP contribution in [0.25, 0.3) is 0 Å². The quantitative estimate of drug-likeness (QED) is 0.583. The van der Waals surface area contributed by atoms with E-state index in [-0.39, 0.29) is 21.1 Å². The Kier molecular flexibility index (Phi) is 16.1. The van der Waals surface area contributed by atoms with Crippen LogP contribution in [0.1, 0.15) is 0 Å². The van der Waals surface area contributed by atoms with E-state index in [0.29, 0.717) is 13.1 Å². The molecule has 0 fully saturated rings. The zero-order valence-corrected chi connectivity index (χ0v) is 7.27. The molecule has 0 aliphatic heterocycles. The number of nitrogens with one attached hydrogen (secondary N) is 2. The van der Waals surface area contributed by atoms with E-state index >= 15 is 0 Å². The number of hydrogen-bond acceptors (Lipinski definition) is 2. The van der Waals surface area contributed by atoms with Crippen LogP contribution in [0.2, 0.25) is 0 Å². The second-order valence-corrected chi connectivity index (χ2v) is 1.30. The molecule has 46 valence electrons. The fraction of sp³-hybridized carbons (Fsp3) is 1.00. The summed E-state index contributed by atoms with van der Waals surface area (Å²) in [4.78, 5) is 4.79. The number of rotatable bonds is 3. The summed E-state index contributed by atoms with van der Waals surface area (Å²) in [6.45, 7) is 1.37. The molecule has 0 radical (unpaired) electrons. The van der Waals surface area contributed by atoms with Gasteiger partial charge in [0.15, 0.2) is 0 Å². The summed E-state index contributed by atoms with van der Waals surface area (Å²) in [5.74, 6) is 0. The molecule has 0 atom stereocenters. The van der Waals surface area contributed by atoms with Gasteiger partial charge in [-0.2, -0.15) is 0 Å². The van der Waals surface area contributed by atoms with Crippen LogP contribution in [-0.4, -0.2) is 13.1 Å². The van der Waals surface area contributed by atoms with E-state index in [1.54, 1.807) is 0 Å². The first-order valence-corrected chi connectivity index (χ1v) is 2.34. The van der Waals surface area contributed by atoms with Crippen molar-refractivity contribution < 1.29 is 21.1 Å². The van der Waals surface area contributed by atoms with Crippen LogP contribution in [0.4, 0.5) is 0 Å². The van der Waals surface area contributed by atoms with Crippen molar-refractivity contribution in [3.63, 3.8) is 0 Å². The Morgan fingerprint density at radius 3 is 1.43 bits per heavy atom. The Morgan fingerprint density at radius 1 is 1.00 bits per heavy atom. The van der Waals surface area contributed by atoms with Gasteiger partial charge in [-0.1, -0.05) is 0 Å². The van der Waals surface area contributed by atoms with Gasteiger partial charge in [0.05, 0.1) is 0 Å². The molecule has 0 amide bonds. The Morgan fingerprint density at radius 2 is 1.29 bits per heavy atom. The third kappa shape index (κ3) is 11.0. The first-order chi connectivity index (χ1) is 2.91. The topological polar surface area (TPSA) is 24.1 Å². The molecule has 0 heterocycles. The van der Waals surface area contributed by atoms with Crippen LogP contribution < -0.4 is 9.67 Å². The summed E-state index contributed by atoms with van der Waals surface area (Å²) in [5, 5.41) is 0. The third-order valence-electron chi connectivity index (χ3n) is 0.314. The molecular formula is C2H6Cl2N2Pt+2. The van der Waals surface area contributed by atoms with Gasteiger partial charge in [0, 0.05) is 13.1 Å². The second-order valence-electron chi connectivity index (χ2n) is 0.767. The fourth-order valence-electron chi connectivity index (χ4n) is 0.0945. The van der Waals surface area contributed by atoms with Crippen molar-refractivity contribution in [2.24, 2.45) is 0 Å². The van der Waals surface area contributed by atoms with Crippen molar-refractivity contribution in [2.45, 2.75) is 0 Å². The zero-order chi connectivity index (χ0) is 4.83. The molecule has 2 N–H and O–H groups in total. The van der Waals surface area contributed by atoms with Gasteiger partial charge in [-0.15, -0.1) is 0 Å². The van der Waals surface area contributed by atoms with Gasteiger partial charge in [0.1, 0.15) is 0 Å². The molecule has 0 aromatic rings. The molecule has 0 aromatic heterocycles. The summed E-state index contributed by atoms with van der Waals surface area (Å²) in [7, 11) is 0. The standard InChI is InChI=1S/C2H6Cl2N2.Pt/c3-5-1-2-6-4;/h5-6H,1-2H2;/q;+2. The molecule has 0 saturated carbocycles. The molecule has 0 spiro atoms. The molecule has 0 aliphatic carbocycles. The van der Waals surface area contributed by atoms with Crippen molar-refractivity contribution in [1.82, 2.24) is 9.67 Å². The normalized spacial score (nSPS) is 7.71. The van der Waals surface area contributed by atoms with Gasteiger partial charge < -0.3 is 0 Å². The molecule has 0 saturated heterocycles. The molecule has 0 aliphatic rings. The van der Waals surface area contributed by atoms with E-state index in [0.717, 1.165) is 0 Å². The van der Waals surface area contributed by atoms with Crippen molar-refractivity contribution >= 4 is 23.6 Å². The van der Waals surface area contributed by atoms with Gasteiger partial charge >= 0.3 is 21.1 Å². The maximum atomic E-state index is 5.03. The second kappa shape index (κ2) is 10.2. The van der Waals surface area contributed by atoms with Crippen molar-refractivity contribution in [1.29, 1.82) is 0 Å². The number of halogens is 2. The molecule has 0 rings (SSSR count). The fourth-order valence-corrected chi connectivity index (χ4v) is 0.283. The molecule has 5 heteroatoms. The Bertz CT molecular complexity index is 25.7. The molecule has 0 unspecified atom stereocenters. The van der Waals surface area contributed by atoms with Crippen molar-refractivity contribution in [3.05, 3.63) is 0 Å². The first-order valence-electron chi connectivity index (χ1n) is 1.59. The summed E-state index contributed by atoms with van der Waals surface area (Å²) >= 11 is 10.1. The summed E-state index contributed by atoms with van der Waals surface area (Å²) < 4.78 is 0. The van der Waals surface area contributed by atoms with E-state index in [1.807, 2.05) is 0 Å². The van der Waals surface area contributed by atoms with E-state index in [4.69, 9.17) is 23.6 Å². The van der Waals surface area contributed by atoms with Gasteiger partial charge in [-0.05, 0) is 23.6 Å². The summed E-state index contributed by atoms with van der Waals surface area (Å²) in [5.41, 5.74) is 0. The molecule has 2 nitrogen and oxygen atoms in total. The summed E-state index contributed by atoms with van der Waals surface area (Å²) in [6.07, 6.45) is 0. The molecule has 0 bridgehead atoms. The minimum Gasteiger partial charge on any atom is -0.232 e. The molecular weight excluding hydrogens is 318 g/mol. The largest absolute Gasteiger partial charge is 2.00 e. The third-order valence-corrected chi connectivity index (χ3v) is 0.692. The van der Waals surface area contributed by atoms with Gasteiger partial charge in [0.25, 0.3) is 0 Å². The smallest absolute Gasteiger partial charge is 0.232 e. The Labute approximate surface area is 67.4 Å². The monoisotopic (exact) mass is 323 g/mol. The van der Waals surface area contributed by atoms with Gasteiger partial charge in [-0.25, -0.2) is 9.67 Å². The van der Waals surface area contributed by atoms with Gasteiger partial charge in [-0.3, -0.25) is 0 Å². The van der Waals surface area contributed by atoms with Crippen LogP contribution in [0.5, 0.6) is 0 Å². The molecule has 0 aromatic carbocycles. The van der Waals surface area contributed by atoms with Crippen molar-refractivity contribution in [2.75, 3.05) is 13.1 Å². The first kappa shape index (κ1) is 11.0. The van der Waals surface area contributed by atoms with E-state index in [1.165, 1.54) is 0 Å². The SMILES string of the molecule is ClNCCNCl.[Pt+2]. The summed E-state index contributed by atoms with van der Waals surface area (Å²) in [6, 6.07) is 0. The maximum Gasteiger partial charge on any atom is 2.00 e. The van der Waals surface area contributed by atoms with Crippen LogP contribution >= 0.6 is 23.6 Å². The average Bonchev–Trinajstić information content (AvgIpc) is 1.61.